The van der Waals surface area contributed by atoms with E-state index in [9.17, 15) is 43.2 Å². The number of rotatable bonds is 81. The summed E-state index contributed by atoms with van der Waals surface area (Å²) in [6.45, 7) is 14.3. The smallest absolute Gasteiger partial charge is 0.462 e. The predicted octanol–water partition coefficient (Wildman–Crippen LogP) is 25.2. The summed E-state index contributed by atoms with van der Waals surface area (Å²) in [5.74, 6) is 1.02. The van der Waals surface area contributed by atoms with E-state index < -0.39 is 97.5 Å². The van der Waals surface area contributed by atoms with Crippen molar-refractivity contribution in [3.05, 3.63) is 0 Å². The number of unbranched alkanes of at least 4 members (excludes halogenated alkanes) is 46. The van der Waals surface area contributed by atoms with Crippen LogP contribution < -0.4 is 0 Å². The van der Waals surface area contributed by atoms with E-state index >= 15 is 0 Å². The van der Waals surface area contributed by atoms with Crippen molar-refractivity contribution in [3.63, 3.8) is 0 Å². The number of carbonyl (C=O) groups excluding carboxylic acids is 4. The lowest BCUT2D eigenvalue weighted by molar-refractivity contribution is -0.161. The first kappa shape index (κ1) is 101. The highest BCUT2D eigenvalue weighted by Gasteiger charge is 2.30. The van der Waals surface area contributed by atoms with E-state index in [2.05, 4.69) is 55.4 Å². The van der Waals surface area contributed by atoms with Gasteiger partial charge in [0.05, 0.1) is 26.4 Å². The Balaban J connectivity index is 5.24. The quantitative estimate of drug-likeness (QED) is 0.0222. The first-order chi connectivity index (χ1) is 49.6. The monoisotopic (exact) mass is 1510 g/mol. The van der Waals surface area contributed by atoms with Crippen LogP contribution >= 0.6 is 15.6 Å². The highest BCUT2D eigenvalue weighted by molar-refractivity contribution is 7.47. The molecular formula is C84H164O17P2. The summed E-state index contributed by atoms with van der Waals surface area (Å²) in [6.07, 6.45) is 61.1. The Hall–Kier alpha value is -1.94. The van der Waals surface area contributed by atoms with Crippen molar-refractivity contribution in [3.8, 4) is 0 Å². The van der Waals surface area contributed by atoms with Crippen molar-refractivity contribution in [1.82, 2.24) is 0 Å². The molecule has 19 heteroatoms. The molecule has 0 amide bonds. The predicted molar refractivity (Wildman–Crippen MR) is 423 cm³/mol. The Morgan fingerprint density at radius 3 is 0.689 bits per heavy atom. The van der Waals surface area contributed by atoms with Gasteiger partial charge in [0.15, 0.2) is 12.2 Å². The summed E-state index contributed by atoms with van der Waals surface area (Å²) in [5.41, 5.74) is 0. The van der Waals surface area contributed by atoms with Gasteiger partial charge in [0, 0.05) is 25.7 Å². The highest BCUT2D eigenvalue weighted by Crippen LogP contribution is 2.45. The molecule has 3 N–H and O–H groups in total. The third kappa shape index (κ3) is 76.6. The molecular weight excluding hydrogens is 1340 g/mol. The fraction of sp³-hybridized carbons (Fsp3) is 0.952. The topological polar surface area (TPSA) is 237 Å². The van der Waals surface area contributed by atoms with E-state index in [1.807, 2.05) is 0 Å². The van der Waals surface area contributed by atoms with Crippen molar-refractivity contribution in [1.29, 1.82) is 0 Å². The first-order valence-electron chi connectivity index (χ1n) is 43.2. The summed E-state index contributed by atoms with van der Waals surface area (Å²) < 4.78 is 68.8. The maximum Gasteiger partial charge on any atom is 0.472 e. The Kier molecular flexibility index (Phi) is 71.5. The maximum absolute atomic E-state index is 13.1. The zero-order chi connectivity index (χ0) is 76.0. The van der Waals surface area contributed by atoms with Crippen LogP contribution in [0, 0.1) is 23.7 Å². The molecule has 103 heavy (non-hydrogen) atoms. The number of aliphatic hydroxyl groups excluding tert-OH is 1. The zero-order valence-corrected chi connectivity index (χ0v) is 69.7. The van der Waals surface area contributed by atoms with Gasteiger partial charge in [0.25, 0.3) is 0 Å². The third-order valence-electron chi connectivity index (χ3n) is 19.9. The van der Waals surface area contributed by atoms with Crippen LogP contribution in [0.5, 0.6) is 0 Å². The highest BCUT2D eigenvalue weighted by atomic mass is 31.2. The standard InChI is InChI=1S/C84H164O17P2/c1-9-77(8)63-55-47-42-43-49-57-65-82(87)95-71-80(101-84(89)67-58-50-40-34-28-22-13-11-10-12-18-24-30-36-44-52-60-74(2)3)73-99-103(92,93)97-69-78(85)68-96-102(90,91)98-72-79(100-83(88)66-59-51-41-35-29-23-17-15-20-26-32-38-46-54-62-76(6)7)70-94-81(86)64-56-48-39-33-27-21-16-14-19-25-31-37-45-53-61-75(4)5/h74-80,85H,9-73H2,1-8H3,(H,90,91)(H,92,93)/t77?,78-,79-,80-/m1/s1. The number of ether oxygens (including phenoxy) is 4. The summed E-state index contributed by atoms with van der Waals surface area (Å²) in [4.78, 5) is 73.2. The van der Waals surface area contributed by atoms with E-state index in [1.54, 1.807) is 0 Å². The van der Waals surface area contributed by atoms with Gasteiger partial charge < -0.3 is 33.8 Å². The lowest BCUT2D eigenvalue weighted by atomic mass is 10.00. The molecule has 0 aliphatic carbocycles. The molecule has 0 aromatic heterocycles. The largest absolute Gasteiger partial charge is 0.472 e. The van der Waals surface area contributed by atoms with Crippen LogP contribution in [0.15, 0.2) is 0 Å². The molecule has 17 nitrogen and oxygen atoms in total. The number of esters is 4. The Morgan fingerprint density at radius 2 is 0.466 bits per heavy atom. The van der Waals surface area contributed by atoms with Gasteiger partial charge in [-0.15, -0.1) is 0 Å². The molecule has 0 heterocycles. The molecule has 6 atom stereocenters. The average Bonchev–Trinajstić information content (AvgIpc) is 0.912. The number of phosphoric acid groups is 2. The van der Waals surface area contributed by atoms with Crippen LogP contribution in [0.2, 0.25) is 0 Å². The fourth-order valence-corrected chi connectivity index (χ4v) is 14.5. The maximum atomic E-state index is 13.1. The number of hydrogen-bond acceptors (Lipinski definition) is 15. The average molecular weight is 1510 g/mol. The van der Waals surface area contributed by atoms with Gasteiger partial charge in [-0.05, 0) is 49.4 Å². The normalized spacial score (nSPS) is 14.2. The molecule has 0 fully saturated rings. The second-order valence-corrected chi connectivity index (χ2v) is 34.8. The van der Waals surface area contributed by atoms with Crippen molar-refractivity contribution in [2.75, 3.05) is 39.6 Å². The summed E-state index contributed by atoms with van der Waals surface area (Å²) >= 11 is 0. The molecule has 0 radical (unpaired) electrons. The summed E-state index contributed by atoms with van der Waals surface area (Å²) in [7, 11) is -9.93. The van der Waals surface area contributed by atoms with Crippen molar-refractivity contribution in [2.45, 2.75) is 453 Å². The second-order valence-electron chi connectivity index (χ2n) is 31.9. The van der Waals surface area contributed by atoms with Crippen molar-refractivity contribution in [2.24, 2.45) is 23.7 Å². The number of hydrogen-bond donors (Lipinski definition) is 3. The lowest BCUT2D eigenvalue weighted by Gasteiger charge is -2.21. The minimum absolute atomic E-state index is 0.107. The molecule has 0 aromatic rings. The SMILES string of the molecule is CCC(C)CCCCCCCCC(=O)OC[C@H](COP(=O)(O)OC[C@H](O)COP(=O)(O)OC[C@@H](COC(=O)CCCCCCCCCCCCCCCCC(C)C)OC(=O)CCCCCCCCCCCCCCCCC(C)C)OC(=O)CCCCCCCCCCCCCCCCCCC(C)C. The first-order valence-corrected chi connectivity index (χ1v) is 46.2. The number of aliphatic hydroxyl groups is 1. The molecule has 0 saturated carbocycles. The molecule has 0 spiro atoms. The van der Waals surface area contributed by atoms with Gasteiger partial charge in [-0.1, -0.05) is 383 Å². The van der Waals surface area contributed by atoms with Gasteiger partial charge in [-0.2, -0.15) is 0 Å². The minimum atomic E-state index is -4.96. The van der Waals surface area contributed by atoms with Gasteiger partial charge >= 0.3 is 39.5 Å². The van der Waals surface area contributed by atoms with Gasteiger partial charge in [-0.3, -0.25) is 37.3 Å². The molecule has 0 bridgehead atoms. The lowest BCUT2D eigenvalue weighted by Crippen LogP contribution is -2.30. The molecule has 0 aliphatic rings. The van der Waals surface area contributed by atoms with Crippen LogP contribution in [-0.2, 0) is 65.4 Å². The van der Waals surface area contributed by atoms with Crippen molar-refractivity contribution < 1.29 is 80.2 Å². The Morgan fingerprint density at radius 1 is 0.272 bits per heavy atom. The number of phosphoric ester groups is 2. The second kappa shape index (κ2) is 72.9. The third-order valence-corrected chi connectivity index (χ3v) is 21.8. The molecule has 0 saturated heterocycles. The zero-order valence-electron chi connectivity index (χ0n) is 68.0. The minimum Gasteiger partial charge on any atom is -0.462 e. The van der Waals surface area contributed by atoms with E-state index in [0.717, 1.165) is 120 Å². The van der Waals surface area contributed by atoms with E-state index in [4.69, 9.17) is 37.0 Å². The van der Waals surface area contributed by atoms with Crippen LogP contribution in [0.25, 0.3) is 0 Å². The molecule has 0 aliphatic heterocycles. The molecule has 0 aromatic carbocycles. The van der Waals surface area contributed by atoms with Crippen molar-refractivity contribution >= 4 is 39.5 Å². The van der Waals surface area contributed by atoms with Crippen LogP contribution in [0.3, 0.4) is 0 Å². The number of carbonyl (C=O) groups is 4. The summed E-state index contributed by atoms with van der Waals surface area (Å²) in [6, 6.07) is 0. The summed E-state index contributed by atoms with van der Waals surface area (Å²) in [5, 5.41) is 10.7. The fourth-order valence-electron chi connectivity index (χ4n) is 12.9. The van der Waals surface area contributed by atoms with Gasteiger partial charge in [-0.25, -0.2) is 9.13 Å². The Bertz CT molecular complexity index is 2010. The van der Waals surface area contributed by atoms with Gasteiger partial charge in [0.1, 0.15) is 19.3 Å². The van der Waals surface area contributed by atoms with Crippen LogP contribution in [-0.4, -0.2) is 96.7 Å². The Labute approximate surface area is 632 Å². The van der Waals surface area contributed by atoms with E-state index in [-0.39, 0.29) is 25.7 Å². The molecule has 3 unspecified atom stereocenters. The van der Waals surface area contributed by atoms with Gasteiger partial charge in [0.2, 0.25) is 0 Å². The van der Waals surface area contributed by atoms with E-state index in [1.165, 1.54) is 231 Å². The van der Waals surface area contributed by atoms with Crippen LogP contribution in [0.4, 0.5) is 0 Å². The van der Waals surface area contributed by atoms with E-state index in [0.29, 0.717) is 25.7 Å². The van der Waals surface area contributed by atoms with Crippen LogP contribution in [0.1, 0.15) is 434 Å². The molecule has 0 rings (SSSR count). The molecule has 612 valence electrons.